The molecule has 0 spiro atoms. The van der Waals surface area contributed by atoms with Crippen molar-refractivity contribution >= 4 is 28.7 Å². The molecule has 1 aromatic heterocycles. The van der Waals surface area contributed by atoms with Gasteiger partial charge in [0, 0.05) is 30.1 Å². The molecule has 0 saturated carbocycles. The molecule has 0 atom stereocenters. The average molecular weight is 366 g/mol. The summed E-state index contributed by atoms with van der Waals surface area (Å²) in [5.74, 6) is 0. The molecule has 2 heterocycles. The fourth-order valence-corrected chi connectivity index (χ4v) is 3.69. The molecule has 1 aliphatic heterocycles. The van der Waals surface area contributed by atoms with Crippen molar-refractivity contribution in [3.63, 3.8) is 0 Å². The molecule has 0 radical (unpaired) electrons. The number of nitrogens with zero attached hydrogens (tertiary/aromatic N) is 2. The monoisotopic (exact) mass is 365 g/mol. The Kier molecular flexibility index (Phi) is 5.20. The first kappa shape index (κ1) is 18.0. The van der Waals surface area contributed by atoms with Crippen molar-refractivity contribution in [2.24, 2.45) is 7.05 Å². The van der Waals surface area contributed by atoms with E-state index in [0.29, 0.717) is 0 Å². The van der Waals surface area contributed by atoms with Crippen LogP contribution in [0.1, 0.15) is 18.1 Å². The second-order valence-corrected chi connectivity index (χ2v) is 6.87. The lowest BCUT2D eigenvalue weighted by atomic mass is 10.1. The van der Waals surface area contributed by atoms with Gasteiger partial charge < -0.3 is 4.90 Å². The van der Waals surface area contributed by atoms with Crippen LogP contribution in [-0.4, -0.2) is 6.54 Å². The Morgan fingerprint density at radius 3 is 2.61 bits per heavy atom. The number of allylic oxidation sites excluding steroid dienone is 5. The Balaban J connectivity index is 1.54. The first-order valence-corrected chi connectivity index (χ1v) is 9.75. The summed E-state index contributed by atoms with van der Waals surface area (Å²) >= 11 is 0. The fraction of sp³-hybridized carbons (Fsp3) is 0.115. The second-order valence-electron chi connectivity index (χ2n) is 6.87. The van der Waals surface area contributed by atoms with Crippen molar-refractivity contribution in [1.29, 1.82) is 0 Å². The van der Waals surface area contributed by atoms with Gasteiger partial charge in [-0.15, -0.1) is 0 Å². The van der Waals surface area contributed by atoms with Crippen LogP contribution in [0.15, 0.2) is 96.9 Å². The van der Waals surface area contributed by atoms with E-state index in [1.165, 1.54) is 33.4 Å². The molecule has 2 heteroatoms. The third kappa shape index (κ3) is 3.54. The van der Waals surface area contributed by atoms with Crippen LogP contribution in [0.3, 0.4) is 0 Å². The van der Waals surface area contributed by atoms with Gasteiger partial charge in [-0.1, -0.05) is 60.7 Å². The predicted molar refractivity (Wildman–Crippen MR) is 120 cm³/mol. The Bertz CT molecular complexity index is 1120. The minimum atomic E-state index is 0.948. The Labute approximate surface area is 167 Å². The van der Waals surface area contributed by atoms with Crippen LogP contribution >= 0.6 is 0 Å². The maximum atomic E-state index is 2.34. The van der Waals surface area contributed by atoms with Crippen molar-refractivity contribution in [1.82, 2.24) is 0 Å². The standard InChI is InChI=1S/C26H25N2/c1-3-28-23(18-17-22-12-7-9-15-25(22)28)13-6-4-5-11-21-19-20-27(2)26-16-10-8-14-24(21)26/h4-20H,3H2,1-2H3/q+1. The van der Waals surface area contributed by atoms with Crippen LogP contribution in [0, 0.1) is 0 Å². The summed E-state index contributed by atoms with van der Waals surface area (Å²) in [6.45, 7) is 3.14. The summed E-state index contributed by atoms with van der Waals surface area (Å²) in [4.78, 5) is 2.34. The van der Waals surface area contributed by atoms with Crippen LogP contribution in [-0.2, 0) is 7.05 Å². The summed E-state index contributed by atoms with van der Waals surface area (Å²) in [5, 5.41) is 1.26. The molecule has 4 rings (SSSR count). The number of aryl methyl sites for hydroxylation is 1. The molecule has 0 aliphatic carbocycles. The van der Waals surface area contributed by atoms with Gasteiger partial charge in [0.25, 0.3) is 0 Å². The van der Waals surface area contributed by atoms with Gasteiger partial charge in [-0.2, -0.15) is 0 Å². The predicted octanol–water partition coefficient (Wildman–Crippen LogP) is 5.67. The molecule has 2 aromatic carbocycles. The van der Waals surface area contributed by atoms with E-state index in [4.69, 9.17) is 0 Å². The molecular weight excluding hydrogens is 340 g/mol. The Morgan fingerprint density at radius 2 is 1.71 bits per heavy atom. The molecular formula is C26H25N2+. The minimum Gasteiger partial charge on any atom is -0.341 e. The van der Waals surface area contributed by atoms with Crippen molar-refractivity contribution in [3.8, 4) is 0 Å². The number of likely N-dealkylation sites (N-methyl/N-ethyl adjacent to an activating group) is 1. The lowest BCUT2D eigenvalue weighted by Gasteiger charge is -2.29. The van der Waals surface area contributed by atoms with Gasteiger partial charge >= 0.3 is 0 Å². The van der Waals surface area contributed by atoms with E-state index in [9.17, 15) is 0 Å². The SMILES string of the molecule is CCN1C(=CC=CC=Cc2cc[n+](C)c3ccccc23)C=Cc2ccccc21. The molecule has 0 unspecified atom stereocenters. The molecule has 0 bridgehead atoms. The van der Waals surface area contributed by atoms with E-state index < -0.39 is 0 Å². The maximum Gasteiger partial charge on any atom is 0.212 e. The maximum absolute atomic E-state index is 2.34. The number of para-hydroxylation sites is 2. The van der Waals surface area contributed by atoms with E-state index in [-0.39, 0.29) is 0 Å². The molecule has 3 aromatic rings. The molecule has 0 fully saturated rings. The van der Waals surface area contributed by atoms with E-state index in [1.54, 1.807) is 0 Å². The number of hydrogen-bond donors (Lipinski definition) is 0. The lowest BCUT2D eigenvalue weighted by molar-refractivity contribution is -0.644. The first-order chi connectivity index (χ1) is 13.8. The zero-order valence-corrected chi connectivity index (χ0v) is 16.4. The van der Waals surface area contributed by atoms with Crippen molar-refractivity contribution in [2.45, 2.75) is 6.92 Å². The highest BCUT2D eigenvalue weighted by molar-refractivity contribution is 5.85. The highest BCUT2D eigenvalue weighted by Gasteiger charge is 2.14. The van der Waals surface area contributed by atoms with Gasteiger partial charge in [-0.25, -0.2) is 4.57 Å². The number of benzene rings is 2. The van der Waals surface area contributed by atoms with Gasteiger partial charge in [-0.05, 0) is 42.3 Å². The summed E-state index contributed by atoms with van der Waals surface area (Å²) in [6.07, 6.45) is 17.1. The molecule has 0 saturated heterocycles. The average Bonchev–Trinajstić information content (AvgIpc) is 2.75. The normalized spacial score (nSPS) is 15.2. The van der Waals surface area contributed by atoms with Crippen molar-refractivity contribution < 1.29 is 4.57 Å². The van der Waals surface area contributed by atoms with Gasteiger partial charge in [0.1, 0.15) is 7.05 Å². The lowest BCUT2D eigenvalue weighted by Crippen LogP contribution is -2.28. The summed E-state index contributed by atoms with van der Waals surface area (Å²) < 4.78 is 2.15. The number of anilines is 1. The zero-order valence-electron chi connectivity index (χ0n) is 16.4. The van der Waals surface area contributed by atoms with E-state index in [1.807, 2.05) is 0 Å². The van der Waals surface area contributed by atoms with Crippen LogP contribution in [0.2, 0.25) is 0 Å². The summed E-state index contributed by atoms with van der Waals surface area (Å²) in [5.41, 5.74) is 6.22. The van der Waals surface area contributed by atoms with Gasteiger partial charge in [0.2, 0.25) is 5.52 Å². The smallest absolute Gasteiger partial charge is 0.212 e. The molecule has 1 aliphatic rings. The van der Waals surface area contributed by atoms with E-state index in [0.717, 1.165) is 6.54 Å². The molecule has 138 valence electrons. The topological polar surface area (TPSA) is 7.12 Å². The van der Waals surface area contributed by atoms with E-state index >= 15 is 0 Å². The summed E-state index contributed by atoms with van der Waals surface area (Å²) in [6, 6.07) is 19.2. The number of fused-ring (bicyclic) bond motifs is 2. The van der Waals surface area contributed by atoms with Crippen molar-refractivity contribution in [3.05, 3.63) is 108 Å². The van der Waals surface area contributed by atoms with Gasteiger partial charge in [0.15, 0.2) is 6.20 Å². The van der Waals surface area contributed by atoms with Crippen LogP contribution in [0.5, 0.6) is 0 Å². The molecule has 0 N–H and O–H groups in total. The number of pyridine rings is 1. The number of hydrogen-bond acceptors (Lipinski definition) is 1. The van der Waals surface area contributed by atoms with E-state index in [2.05, 4.69) is 127 Å². The number of aromatic nitrogens is 1. The summed E-state index contributed by atoms with van der Waals surface area (Å²) in [7, 11) is 2.08. The van der Waals surface area contributed by atoms with Gasteiger partial charge in [0.05, 0.1) is 5.39 Å². The number of rotatable bonds is 4. The second kappa shape index (κ2) is 8.10. The van der Waals surface area contributed by atoms with Crippen LogP contribution in [0.4, 0.5) is 5.69 Å². The first-order valence-electron chi connectivity index (χ1n) is 9.75. The molecule has 28 heavy (non-hydrogen) atoms. The third-order valence-electron chi connectivity index (χ3n) is 5.13. The van der Waals surface area contributed by atoms with Crippen LogP contribution in [0.25, 0.3) is 23.1 Å². The fourth-order valence-electron chi connectivity index (χ4n) is 3.69. The highest BCUT2D eigenvalue weighted by atomic mass is 15.1. The minimum absolute atomic E-state index is 0.948. The third-order valence-corrected chi connectivity index (χ3v) is 5.13. The van der Waals surface area contributed by atoms with Crippen molar-refractivity contribution in [2.75, 3.05) is 11.4 Å². The largest absolute Gasteiger partial charge is 0.341 e. The Morgan fingerprint density at radius 1 is 0.893 bits per heavy atom. The van der Waals surface area contributed by atoms with Crippen LogP contribution < -0.4 is 9.47 Å². The molecule has 0 amide bonds. The zero-order chi connectivity index (χ0) is 19.3. The Hall–Kier alpha value is -3.39. The molecule has 2 nitrogen and oxygen atoms in total. The highest BCUT2D eigenvalue weighted by Crippen LogP contribution is 2.30. The van der Waals surface area contributed by atoms with Gasteiger partial charge in [-0.3, -0.25) is 0 Å². The quantitative estimate of drug-likeness (QED) is 0.427.